The van der Waals surface area contributed by atoms with Gasteiger partial charge in [0.15, 0.2) is 11.6 Å². The summed E-state index contributed by atoms with van der Waals surface area (Å²) >= 11 is 0. The van der Waals surface area contributed by atoms with E-state index >= 15 is 0 Å². The van der Waals surface area contributed by atoms with Gasteiger partial charge in [-0.05, 0) is 69.0 Å². The van der Waals surface area contributed by atoms with Crippen molar-refractivity contribution in [1.29, 1.82) is 0 Å². The van der Waals surface area contributed by atoms with Gasteiger partial charge >= 0.3 is 0 Å². The maximum absolute atomic E-state index is 11.7. The number of nitrogens with two attached hydrogens (primary N) is 1. The lowest BCUT2D eigenvalue weighted by atomic mass is 9.88. The number of anilines is 1. The number of hydrogen-bond acceptors (Lipinski definition) is 8. The van der Waals surface area contributed by atoms with E-state index in [-0.39, 0.29) is 29.5 Å². The molecule has 35 heavy (non-hydrogen) atoms. The van der Waals surface area contributed by atoms with Gasteiger partial charge < -0.3 is 15.4 Å². The van der Waals surface area contributed by atoms with Gasteiger partial charge in [-0.25, -0.2) is 23.1 Å². The summed E-state index contributed by atoms with van der Waals surface area (Å²) in [6.45, 7) is 5.75. The lowest BCUT2D eigenvalue weighted by Gasteiger charge is -2.35. The van der Waals surface area contributed by atoms with Crippen LogP contribution in [-0.2, 0) is 23.0 Å². The number of aromatic nitrogens is 4. The van der Waals surface area contributed by atoms with Crippen LogP contribution in [-0.4, -0.2) is 58.5 Å². The minimum atomic E-state index is -3.20. The van der Waals surface area contributed by atoms with Crippen LogP contribution in [0.15, 0.2) is 30.7 Å². The van der Waals surface area contributed by atoms with Crippen LogP contribution < -0.4 is 15.2 Å². The maximum Gasteiger partial charge on any atom is 0.263 e. The first-order valence-corrected chi connectivity index (χ1v) is 13.5. The van der Waals surface area contributed by atoms with Crippen LogP contribution in [0.1, 0.15) is 42.5 Å². The number of hydrogen-bond donors (Lipinski definition) is 2. The van der Waals surface area contributed by atoms with E-state index in [0.717, 1.165) is 25.1 Å². The zero-order chi connectivity index (χ0) is 24.7. The van der Waals surface area contributed by atoms with Crippen molar-refractivity contribution < 1.29 is 13.2 Å². The van der Waals surface area contributed by atoms with E-state index in [9.17, 15) is 8.42 Å². The van der Waals surface area contributed by atoms with E-state index in [1.165, 1.54) is 16.7 Å². The topological polar surface area (TPSA) is 128 Å². The standard InChI is InChI=1S/C24H31N7O3S/c1-4-35(32,33)29-18-9-19(10-18)31-14-20(11-27-31)34-24-23(25)26-12-22(28-24)16-7-15(2)21-5-6-30(3)13-17(21)8-16/h7-8,11-12,14,18-19,29H,4-6,9-10,13H2,1-3H3,(H2,25,26). The molecule has 2 aliphatic rings. The molecule has 1 saturated carbocycles. The Labute approximate surface area is 205 Å². The third-order valence-electron chi connectivity index (χ3n) is 6.82. The number of likely N-dealkylation sites (N-methyl/N-ethyl adjacent to an activating group) is 1. The number of benzene rings is 1. The van der Waals surface area contributed by atoms with Crippen LogP contribution >= 0.6 is 0 Å². The number of fused-ring (bicyclic) bond motifs is 1. The van der Waals surface area contributed by atoms with Crippen LogP contribution in [0, 0.1) is 6.92 Å². The molecule has 0 bridgehead atoms. The Morgan fingerprint density at radius 1 is 1.26 bits per heavy atom. The quantitative estimate of drug-likeness (QED) is 0.510. The smallest absolute Gasteiger partial charge is 0.263 e. The monoisotopic (exact) mass is 497 g/mol. The van der Waals surface area contributed by atoms with Crippen LogP contribution in [0.4, 0.5) is 5.82 Å². The third kappa shape index (κ3) is 5.02. The SMILES string of the molecule is CCS(=O)(=O)NC1CC(n2cc(Oc3nc(-c4cc(C)c5c(c4)CN(C)CC5)cnc3N)cn2)C1. The molecule has 0 amide bonds. The molecule has 2 aromatic heterocycles. The summed E-state index contributed by atoms with van der Waals surface area (Å²) in [5.41, 5.74) is 11.7. The van der Waals surface area contributed by atoms with Crippen LogP contribution in [0.3, 0.4) is 0 Å². The molecule has 1 fully saturated rings. The highest BCUT2D eigenvalue weighted by atomic mass is 32.2. The second kappa shape index (κ2) is 9.21. The summed E-state index contributed by atoms with van der Waals surface area (Å²) in [5, 5.41) is 4.38. The van der Waals surface area contributed by atoms with Gasteiger partial charge in [-0.15, -0.1) is 0 Å². The number of rotatable bonds is 7. The van der Waals surface area contributed by atoms with Gasteiger partial charge in [-0.1, -0.05) is 0 Å². The van der Waals surface area contributed by atoms with E-state index < -0.39 is 10.0 Å². The van der Waals surface area contributed by atoms with E-state index in [1.54, 1.807) is 30.2 Å². The van der Waals surface area contributed by atoms with Crippen LogP contribution in [0.2, 0.25) is 0 Å². The largest absolute Gasteiger partial charge is 0.433 e. The van der Waals surface area contributed by atoms with Crippen molar-refractivity contribution >= 4 is 15.8 Å². The molecule has 11 heteroatoms. The second-order valence-corrected chi connectivity index (χ2v) is 11.5. The fraction of sp³-hybridized carbons (Fsp3) is 0.458. The number of sulfonamides is 1. The molecule has 5 rings (SSSR count). The summed E-state index contributed by atoms with van der Waals surface area (Å²) in [7, 11) is -1.07. The summed E-state index contributed by atoms with van der Waals surface area (Å²) in [5.74, 6) is 1.02. The molecule has 1 aromatic carbocycles. The van der Waals surface area contributed by atoms with Crippen LogP contribution in [0.5, 0.6) is 11.6 Å². The Hall–Kier alpha value is -3.02. The fourth-order valence-corrected chi connectivity index (χ4v) is 5.59. The van der Waals surface area contributed by atoms with Crippen molar-refractivity contribution in [1.82, 2.24) is 29.4 Å². The highest BCUT2D eigenvalue weighted by molar-refractivity contribution is 7.89. The number of nitrogens with zero attached hydrogens (tertiary/aromatic N) is 5. The molecule has 0 radical (unpaired) electrons. The molecule has 0 unspecified atom stereocenters. The number of nitrogens with one attached hydrogen (secondary N) is 1. The molecule has 0 atom stereocenters. The van der Waals surface area contributed by atoms with Gasteiger partial charge in [0, 0.05) is 24.7 Å². The lowest BCUT2D eigenvalue weighted by molar-refractivity contribution is 0.232. The zero-order valence-electron chi connectivity index (χ0n) is 20.2. The van der Waals surface area contributed by atoms with Crippen molar-refractivity contribution in [2.45, 2.75) is 51.7 Å². The van der Waals surface area contributed by atoms with Crippen molar-refractivity contribution in [2.24, 2.45) is 0 Å². The molecule has 0 saturated heterocycles. The summed E-state index contributed by atoms with van der Waals surface area (Å²) in [6.07, 6.45) is 7.48. The molecular formula is C24H31N7O3S. The fourth-order valence-electron chi connectivity index (χ4n) is 4.73. The summed E-state index contributed by atoms with van der Waals surface area (Å²) in [4.78, 5) is 11.3. The van der Waals surface area contributed by atoms with Crippen molar-refractivity contribution in [2.75, 3.05) is 25.1 Å². The first kappa shape index (κ1) is 23.7. The summed E-state index contributed by atoms with van der Waals surface area (Å²) in [6, 6.07) is 4.38. The van der Waals surface area contributed by atoms with E-state index in [0.29, 0.717) is 24.3 Å². The predicted molar refractivity (Wildman–Crippen MR) is 134 cm³/mol. The van der Waals surface area contributed by atoms with Gasteiger partial charge in [0.2, 0.25) is 10.0 Å². The molecular weight excluding hydrogens is 466 g/mol. The Bertz CT molecular complexity index is 1350. The third-order valence-corrected chi connectivity index (χ3v) is 8.27. The second-order valence-electron chi connectivity index (χ2n) is 9.47. The minimum absolute atomic E-state index is 0.0587. The van der Waals surface area contributed by atoms with Crippen molar-refractivity contribution in [3.8, 4) is 22.9 Å². The van der Waals surface area contributed by atoms with Gasteiger partial charge in [-0.2, -0.15) is 5.10 Å². The minimum Gasteiger partial charge on any atom is -0.433 e. The number of ether oxygens (including phenoxy) is 1. The van der Waals surface area contributed by atoms with E-state index in [2.05, 4.69) is 50.8 Å². The first-order chi connectivity index (χ1) is 16.7. The van der Waals surface area contributed by atoms with E-state index in [1.807, 2.05) is 0 Å². The zero-order valence-corrected chi connectivity index (χ0v) is 21.0. The Kier molecular flexibility index (Phi) is 6.24. The van der Waals surface area contributed by atoms with Crippen LogP contribution in [0.25, 0.3) is 11.3 Å². The average Bonchev–Trinajstić information content (AvgIpc) is 3.25. The van der Waals surface area contributed by atoms with Gasteiger partial charge in [0.25, 0.3) is 5.88 Å². The highest BCUT2D eigenvalue weighted by Gasteiger charge is 2.33. The molecule has 10 nitrogen and oxygen atoms in total. The Morgan fingerprint density at radius 2 is 2.06 bits per heavy atom. The molecule has 1 aliphatic heterocycles. The average molecular weight is 498 g/mol. The van der Waals surface area contributed by atoms with Gasteiger partial charge in [0.05, 0.1) is 36.1 Å². The molecule has 1 aliphatic carbocycles. The molecule has 186 valence electrons. The Morgan fingerprint density at radius 3 is 2.83 bits per heavy atom. The molecule has 0 spiro atoms. The molecule has 3 heterocycles. The first-order valence-electron chi connectivity index (χ1n) is 11.9. The van der Waals surface area contributed by atoms with E-state index in [4.69, 9.17) is 10.5 Å². The molecule has 3 aromatic rings. The predicted octanol–water partition coefficient (Wildman–Crippen LogP) is 2.65. The van der Waals surface area contributed by atoms with Gasteiger partial charge in [0.1, 0.15) is 0 Å². The lowest BCUT2D eigenvalue weighted by Crippen LogP contribution is -2.45. The van der Waals surface area contributed by atoms with Gasteiger partial charge in [-0.3, -0.25) is 4.68 Å². The molecule has 3 N–H and O–H groups in total. The highest BCUT2D eigenvalue weighted by Crippen LogP contribution is 2.35. The Balaban J connectivity index is 1.30. The number of aryl methyl sites for hydroxylation is 1. The summed E-state index contributed by atoms with van der Waals surface area (Å²) < 4.78 is 33.9. The number of nitrogen functional groups attached to an aromatic ring is 1. The normalized spacial score (nSPS) is 20.3. The van der Waals surface area contributed by atoms with Crippen molar-refractivity contribution in [3.63, 3.8) is 0 Å². The maximum atomic E-state index is 11.7. The van der Waals surface area contributed by atoms with Crippen molar-refractivity contribution in [3.05, 3.63) is 47.4 Å².